The van der Waals surface area contributed by atoms with Gasteiger partial charge >= 0.3 is 0 Å². The topological polar surface area (TPSA) is 66.8 Å². The summed E-state index contributed by atoms with van der Waals surface area (Å²) in [4.78, 5) is 0. The van der Waals surface area contributed by atoms with E-state index in [2.05, 4.69) is 0 Å². The van der Waals surface area contributed by atoms with Crippen LogP contribution in [0.4, 0.5) is 4.39 Å². The van der Waals surface area contributed by atoms with Crippen LogP contribution in [-0.4, -0.2) is 49.4 Å². The fourth-order valence-corrected chi connectivity index (χ4v) is 5.18. The van der Waals surface area contributed by atoms with E-state index < -0.39 is 16.1 Å². The molecule has 1 atom stereocenters. The molecule has 1 aliphatic carbocycles. The molecule has 2 aliphatic rings. The molecule has 7 heteroatoms. The summed E-state index contributed by atoms with van der Waals surface area (Å²) in [6.07, 6.45) is 3.20. The van der Waals surface area contributed by atoms with Crippen LogP contribution < -0.4 is 0 Å². The van der Waals surface area contributed by atoms with Gasteiger partial charge in [0.15, 0.2) is 0 Å². The highest BCUT2D eigenvalue weighted by molar-refractivity contribution is 7.89. The molecule has 1 heterocycles. The molecule has 2 fully saturated rings. The number of aliphatic hydroxyl groups is 1. The molecule has 1 saturated heterocycles. The Bertz CT molecular complexity index is 654. The summed E-state index contributed by atoms with van der Waals surface area (Å²) < 4.78 is 45.4. The summed E-state index contributed by atoms with van der Waals surface area (Å²) in [6.45, 7) is 1.45. The second kappa shape index (κ2) is 8.12. The normalized spacial score (nSPS) is 20.8. The van der Waals surface area contributed by atoms with Crippen molar-refractivity contribution in [1.29, 1.82) is 0 Å². The van der Waals surface area contributed by atoms with E-state index in [1.807, 2.05) is 0 Å². The number of sulfonamides is 1. The quantitative estimate of drug-likeness (QED) is 0.762. The van der Waals surface area contributed by atoms with Gasteiger partial charge in [0.25, 0.3) is 0 Å². The maximum Gasteiger partial charge on any atom is 0.214 e. The molecule has 1 N–H and O–H groups in total. The third kappa shape index (κ3) is 5.23. The Labute approximate surface area is 148 Å². The number of ether oxygens (including phenoxy) is 1. The molecule has 1 aromatic rings. The van der Waals surface area contributed by atoms with Gasteiger partial charge in [0, 0.05) is 25.8 Å². The first-order valence-corrected chi connectivity index (χ1v) is 10.6. The lowest BCUT2D eigenvalue weighted by Crippen LogP contribution is -2.38. The number of nitrogens with zero attached hydrogens (tertiary/aromatic N) is 1. The number of aliphatic hydroxyl groups excluding tert-OH is 1. The Morgan fingerprint density at radius 2 is 1.80 bits per heavy atom. The lowest BCUT2D eigenvalue weighted by atomic mass is 9.98. The van der Waals surface area contributed by atoms with Crippen LogP contribution in [0, 0.1) is 11.7 Å². The second-order valence-corrected chi connectivity index (χ2v) is 9.07. The van der Waals surface area contributed by atoms with Gasteiger partial charge in [-0.1, -0.05) is 12.1 Å². The van der Waals surface area contributed by atoms with Crippen LogP contribution in [-0.2, 0) is 14.8 Å². The Balaban J connectivity index is 1.62. The molecule has 0 unspecified atom stereocenters. The minimum atomic E-state index is -3.41. The average Bonchev–Trinajstić information content (AvgIpc) is 3.44. The molecule has 0 spiro atoms. The van der Waals surface area contributed by atoms with Gasteiger partial charge in [-0.2, -0.15) is 4.31 Å². The molecule has 1 aliphatic heterocycles. The maximum absolute atomic E-state index is 13.0. The third-order valence-electron chi connectivity index (χ3n) is 5.04. The minimum Gasteiger partial charge on any atom is -0.387 e. The fraction of sp³-hybridized carbons (Fsp3) is 0.667. The molecule has 140 valence electrons. The van der Waals surface area contributed by atoms with Crippen LogP contribution in [0.5, 0.6) is 0 Å². The summed E-state index contributed by atoms with van der Waals surface area (Å²) in [7, 11) is -3.41. The smallest absolute Gasteiger partial charge is 0.214 e. The Morgan fingerprint density at radius 1 is 1.16 bits per heavy atom. The highest BCUT2D eigenvalue weighted by atomic mass is 32.2. The summed E-state index contributed by atoms with van der Waals surface area (Å²) >= 11 is 0. The zero-order chi connectivity index (χ0) is 17.9. The highest BCUT2D eigenvalue weighted by Crippen LogP contribution is 2.32. The first kappa shape index (κ1) is 18.8. The van der Waals surface area contributed by atoms with Crippen molar-refractivity contribution in [2.75, 3.05) is 25.5 Å². The van der Waals surface area contributed by atoms with Crippen molar-refractivity contribution < 1.29 is 22.7 Å². The summed E-state index contributed by atoms with van der Waals surface area (Å²) in [5.41, 5.74) is 0.534. The van der Waals surface area contributed by atoms with Crippen molar-refractivity contribution in [2.24, 2.45) is 5.92 Å². The van der Waals surface area contributed by atoms with E-state index >= 15 is 0 Å². The van der Waals surface area contributed by atoms with Gasteiger partial charge in [-0.05, 0) is 55.7 Å². The fourth-order valence-electron chi connectivity index (χ4n) is 3.28. The van der Waals surface area contributed by atoms with Crippen LogP contribution in [0.25, 0.3) is 0 Å². The predicted octanol–water partition coefficient (Wildman–Crippen LogP) is 2.47. The number of halogens is 1. The molecular weight excluding hydrogens is 345 g/mol. The van der Waals surface area contributed by atoms with Gasteiger partial charge in [0.1, 0.15) is 5.82 Å². The number of benzene rings is 1. The first-order valence-electron chi connectivity index (χ1n) is 8.96. The summed E-state index contributed by atoms with van der Waals surface area (Å²) in [5.74, 6) is 0.135. The van der Waals surface area contributed by atoms with E-state index in [4.69, 9.17) is 4.74 Å². The summed E-state index contributed by atoms with van der Waals surface area (Å²) in [6, 6.07) is 5.55. The van der Waals surface area contributed by atoms with Crippen LogP contribution in [0.15, 0.2) is 24.3 Å². The van der Waals surface area contributed by atoms with Gasteiger partial charge in [0.05, 0.1) is 11.9 Å². The summed E-state index contributed by atoms with van der Waals surface area (Å²) in [5, 5.41) is 10.4. The molecule has 3 rings (SSSR count). The van der Waals surface area contributed by atoms with Crippen molar-refractivity contribution in [3.8, 4) is 0 Å². The third-order valence-corrected chi connectivity index (χ3v) is 6.96. The molecule has 5 nitrogen and oxygen atoms in total. The van der Waals surface area contributed by atoms with Crippen molar-refractivity contribution in [3.05, 3.63) is 35.6 Å². The monoisotopic (exact) mass is 371 g/mol. The molecular formula is C18H26FNO4S. The molecule has 0 aromatic heterocycles. The van der Waals surface area contributed by atoms with E-state index in [1.54, 1.807) is 0 Å². The van der Waals surface area contributed by atoms with Gasteiger partial charge in [-0.25, -0.2) is 12.8 Å². The van der Waals surface area contributed by atoms with E-state index in [1.165, 1.54) is 28.6 Å². The van der Waals surface area contributed by atoms with Crippen molar-refractivity contribution in [1.82, 2.24) is 4.31 Å². The average molecular weight is 371 g/mol. The van der Waals surface area contributed by atoms with E-state index in [0.29, 0.717) is 31.1 Å². The number of rotatable bonds is 8. The van der Waals surface area contributed by atoms with Gasteiger partial charge < -0.3 is 9.84 Å². The molecule has 0 radical (unpaired) electrons. The molecule has 25 heavy (non-hydrogen) atoms. The Morgan fingerprint density at radius 3 is 2.40 bits per heavy atom. The van der Waals surface area contributed by atoms with Crippen LogP contribution in [0.2, 0.25) is 0 Å². The lowest BCUT2D eigenvalue weighted by Gasteiger charge is -2.27. The van der Waals surface area contributed by atoms with Crippen molar-refractivity contribution in [3.63, 3.8) is 0 Å². The van der Waals surface area contributed by atoms with Crippen LogP contribution in [0.3, 0.4) is 0 Å². The molecule has 1 saturated carbocycles. The molecule has 1 aromatic carbocycles. The maximum atomic E-state index is 13.0. The SMILES string of the molecule is O=S(=O)(CCC1CCOCC1)N(C[C@@H](O)c1ccc(F)cc1)C1CC1. The van der Waals surface area contributed by atoms with E-state index in [9.17, 15) is 17.9 Å². The van der Waals surface area contributed by atoms with E-state index in [-0.39, 0.29) is 24.2 Å². The molecule has 0 bridgehead atoms. The van der Waals surface area contributed by atoms with Crippen LogP contribution in [0.1, 0.15) is 43.8 Å². The zero-order valence-corrected chi connectivity index (χ0v) is 15.1. The molecule has 0 amide bonds. The number of hydrogen-bond donors (Lipinski definition) is 1. The lowest BCUT2D eigenvalue weighted by molar-refractivity contribution is 0.0654. The van der Waals surface area contributed by atoms with E-state index in [0.717, 1.165) is 25.7 Å². The van der Waals surface area contributed by atoms with Crippen LogP contribution >= 0.6 is 0 Å². The zero-order valence-electron chi connectivity index (χ0n) is 14.3. The number of hydrogen-bond acceptors (Lipinski definition) is 4. The Kier molecular flexibility index (Phi) is 6.09. The standard InChI is InChI=1S/C18H26FNO4S/c19-16-3-1-15(2-4-16)18(21)13-20(17-5-6-17)25(22,23)12-9-14-7-10-24-11-8-14/h1-4,14,17-18,21H,5-13H2/t18-/m1/s1. The largest absolute Gasteiger partial charge is 0.387 e. The Hall–Kier alpha value is -1.02. The minimum absolute atomic E-state index is 0.00483. The highest BCUT2D eigenvalue weighted by Gasteiger charge is 2.38. The first-order chi connectivity index (χ1) is 12.0. The van der Waals surface area contributed by atoms with Gasteiger partial charge in [-0.3, -0.25) is 0 Å². The predicted molar refractivity (Wildman–Crippen MR) is 93.0 cm³/mol. The van der Waals surface area contributed by atoms with Crippen molar-refractivity contribution in [2.45, 2.75) is 44.2 Å². The second-order valence-electron chi connectivity index (χ2n) is 7.03. The van der Waals surface area contributed by atoms with Gasteiger partial charge in [-0.15, -0.1) is 0 Å². The van der Waals surface area contributed by atoms with Crippen molar-refractivity contribution >= 4 is 10.0 Å². The van der Waals surface area contributed by atoms with Gasteiger partial charge in [0.2, 0.25) is 10.0 Å².